The third-order valence-corrected chi connectivity index (χ3v) is 3.24. The van der Waals surface area contributed by atoms with Crippen LogP contribution in [0.3, 0.4) is 0 Å². The number of rotatable bonds is 8. The van der Waals surface area contributed by atoms with E-state index < -0.39 is 17.4 Å². The zero-order valence-corrected chi connectivity index (χ0v) is 13.4. The Bertz CT molecular complexity index is 512. The number of aliphatic carboxylic acids is 1. The molecule has 6 heteroatoms. The molecule has 0 aliphatic carbocycles. The Kier molecular flexibility index (Phi) is 6.37. The Balaban J connectivity index is 2.56. The Morgan fingerprint density at radius 2 is 1.86 bits per heavy atom. The van der Waals surface area contributed by atoms with Crippen LogP contribution in [0.1, 0.15) is 32.3 Å². The monoisotopic (exact) mass is 309 g/mol. The second kappa shape index (κ2) is 7.79. The van der Waals surface area contributed by atoms with E-state index in [-0.39, 0.29) is 13.2 Å². The first-order chi connectivity index (χ1) is 10.3. The highest BCUT2D eigenvalue weighted by Gasteiger charge is 2.35. The molecule has 0 saturated carbocycles. The number of hydrogen-bond acceptors (Lipinski definition) is 4. The summed E-state index contributed by atoms with van der Waals surface area (Å²) in [6.45, 7) is 5.18. The Morgan fingerprint density at radius 1 is 1.27 bits per heavy atom. The van der Waals surface area contributed by atoms with E-state index in [4.69, 9.17) is 14.6 Å². The van der Waals surface area contributed by atoms with E-state index in [0.29, 0.717) is 11.7 Å². The molecule has 0 aliphatic heterocycles. The standard InChI is InChI=1S/C16H23NO5/c1-11(2)12-5-7-13(8-6-12)22-9-14(18)17-16(3,10-21-4)15(19)20/h5-8,11H,9-10H2,1-4H3,(H,17,18)(H,19,20). The summed E-state index contributed by atoms with van der Waals surface area (Å²) in [4.78, 5) is 23.0. The fourth-order valence-corrected chi connectivity index (χ4v) is 1.88. The van der Waals surface area contributed by atoms with Gasteiger partial charge in [-0.05, 0) is 30.5 Å². The van der Waals surface area contributed by atoms with Gasteiger partial charge >= 0.3 is 5.97 Å². The zero-order chi connectivity index (χ0) is 16.8. The van der Waals surface area contributed by atoms with Gasteiger partial charge in [0.05, 0.1) is 6.61 Å². The van der Waals surface area contributed by atoms with Crippen LogP contribution in [0.4, 0.5) is 0 Å². The summed E-state index contributed by atoms with van der Waals surface area (Å²) < 4.78 is 10.2. The van der Waals surface area contributed by atoms with Gasteiger partial charge in [0.1, 0.15) is 5.75 Å². The number of methoxy groups -OCH3 is 1. The van der Waals surface area contributed by atoms with Crippen molar-refractivity contribution in [2.24, 2.45) is 0 Å². The fourth-order valence-electron chi connectivity index (χ4n) is 1.88. The molecule has 22 heavy (non-hydrogen) atoms. The molecule has 0 saturated heterocycles. The largest absolute Gasteiger partial charge is 0.484 e. The highest BCUT2D eigenvalue weighted by molar-refractivity contribution is 5.87. The van der Waals surface area contributed by atoms with Gasteiger partial charge in [-0.25, -0.2) is 4.79 Å². The molecule has 6 nitrogen and oxygen atoms in total. The maximum Gasteiger partial charge on any atom is 0.331 e. The molecule has 0 heterocycles. The second-order valence-corrected chi connectivity index (χ2v) is 5.63. The van der Waals surface area contributed by atoms with Crippen molar-refractivity contribution in [3.05, 3.63) is 29.8 Å². The van der Waals surface area contributed by atoms with Gasteiger partial charge in [0.25, 0.3) is 5.91 Å². The molecule has 1 aromatic rings. The molecule has 1 amide bonds. The molecule has 2 N–H and O–H groups in total. The summed E-state index contributed by atoms with van der Waals surface area (Å²) in [5.41, 5.74) is -0.299. The number of hydrogen-bond donors (Lipinski definition) is 2. The highest BCUT2D eigenvalue weighted by Crippen LogP contribution is 2.18. The predicted octanol–water partition coefficient (Wildman–Crippen LogP) is 1.79. The van der Waals surface area contributed by atoms with Crippen molar-refractivity contribution in [2.75, 3.05) is 20.3 Å². The van der Waals surface area contributed by atoms with Gasteiger partial charge in [0.15, 0.2) is 12.1 Å². The van der Waals surface area contributed by atoms with Gasteiger partial charge < -0.3 is 19.9 Å². The van der Waals surface area contributed by atoms with E-state index in [9.17, 15) is 9.59 Å². The lowest BCUT2D eigenvalue weighted by molar-refractivity contribution is -0.149. The number of carbonyl (C=O) groups is 2. The van der Waals surface area contributed by atoms with Crippen molar-refractivity contribution in [3.63, 3.8) is 0 Å². The summed E-state index contributed by atoms with van der Waals surface area (Å²) in [7, 11) is 1.38. The first kappa shape index (κ1) is 18.0. The van der Waals surface area contributed by atoms with Crippen molar-refractivity contribution >= 4 is 11.9 Å². The van der Waals surface area contributed by atoms with Crippen LogP contribution >= 0.6 is 0 Å². The molecule has 1 aromatic carbocycles. The SMILES string of the molecule is COCC(C)(NC(=O)COc1ccc(C(C)C)cc1)C(=O)O. The second-order valence-electron chi connectivity index (χ2n) is 5.63. The average molecular weight is 309 g/mol. The molecule has 0 aromatic heterocycles. The van der Waals surface area contributed by atoms with E-state index in [1.807, 2.05) is 12.1 Å². The fraction of sp³-hybridized carbons (Fsp3) is 0.500. The van der Waals surface area contributed by atoms with E-state index in [1.165, 1.54) is 19.6 Å². The first-order valence-corrected chi connectivity index (χ1v) is 7.04. The predicted molar refractivity (Wildman–Crippen MR) is 82.1 cm³/mol. The van der Waals surface area contributed by atoms with E-state index >= 15 is 0 Å². The number of carboxylic acids is 1. The van der Waals surface area contributed by atoms with Crippen molar-refractivity contribution in [1.82, 2.24) is 5.32 Å². The minimum absolute atomic E-state index is 0.128. The van der Waals surface area contributed by atoms with Gasteiger partial charge in [-0.15, -0.1) is 0 Å². The van der Waals surface area contributed by atoms with Gasteiger partial charge in [0.2, 0.25) is 0 Å². The van der Waals surface area contributed by atoms with Crippen molar-refractivity contribution in [1.29, 1.82) is 0 Å². The van der Waals surface area contributed by atoms with Crippen LogP contribution < -0.4 is 10.1 Å². The van der Waals surface area contributed by atoms with Crippen molar-refractivity contribution < 1.29 is 24.2 Å². The summed E-state index contributed by atoms with van der Waals surface area (Å²) in [5, 5.41) is 11.5. The van der Waals surface area contributed by atoms with Gasteiger partial charge in [-0.3, -0.25) is 4.79 Å². The van der Waals surface area contributed by atoms with E-state index in [2.05, 4.69) is 19.2 Å². The summed E-state index contributed by atoms with van der Waals surface area (Å²) in [5.74, 6) is -0.704. The molecule has 0 radical (unpaired) electrons. The maximum absolute atomic E-state index is 11.8. The minimum atomic E-state index is -1.48. The molecular weight excluding hydrogens is 286 g/mol. The topological polar surface area (TPSA) is 84.9 Å². The molecule has 0 bridgehead atoms. The van der Waals surface area contributed by atoms with Crippen molar-refractivity contribution in [3.8, 4) is 5.75 Å². The highest BCUT2D eigenvalue weighted by atomic mass is 16.5. The van der Waals surface area contributed by atoms with Crippen LogP contribution in [0.2, 0.25) is 0 Å². The quantitative estimate of drug-likeness (QED) is 0.765. The lowest BCUT2D eigenvalue weighted by Gasteiger charge is -2.25. The average Bonchev–Trinajstić information content (AvgIpc) is 2.45. The van der Waals surface area contributed by atoms with Crippen LogP contribution in [0.5, 0.6) is 5.75 Å². The molecular formula is C16H23NO5. The number of benzene rings is 1. The normalized spacial score (nSPS) is 13.5. The Hall–Kier alpha value is -2.08. The third kappa shape index (κ3) is 5.04. The molecule has 0 fully saturated rings. The van der Waals surface area contributed by atoms with Crippen LogP contribution in [0, 0.1) is 0 Å². The van der Waals surface area contributed by atoms with Gasteiger partial charge in [0, 0.05) is 7.11 Å². The zero-order valence-electron chi connectivity index (χ0n) is 13.4. The molecule has 0 spiro atoms. The van der Waals surface area contributed by atoms with Gasteiger partial charge in [-0.1, -0.05) is 26.0 Å². The molecule has 1 unspecified atom stereocenters. The van der Waals surface area contributed by atoms with Crippen LogP contribution in [0.15, 0.2) is 24.3 Å². The minimum Gasteiger partial charge on any atom is -0.484 e. The van der Waals surface area contributed by atoms with Crippen LogP contribution in [-0.4, -0.2) is 42.8 Å². The molecule has 1 atom stereocenters. The van der Waals surface area contributed by atoms with E-state index in [1.54, 1.807) is 12.1 Å². The number of amides is 1. The summed E-state index contributed by atoms with van der Waals surface area (Å²) >= 11 is 0. The first-order valence-electron chi connectivity index (χ1n) is 7.04. The number of carbonyl (C=O) groups excluding carboxylic acids is 1. The maximum atomic E-state index is 11.8. The summed E-state index contributed by atoms with van der Waals surface area (Å²) in [6, 6.07) is 7.44. The molecule has 122 valence electrons. The molecule has 0 aliphatic rings. The Labute approximate surface area is 130 Å². The smallest absolute Gasteiger partial charge is 0.331 e. The lowest BCUT2D eigenvalue weighted by Crippen LogP contribution is -2.56. The van der Waals surface area contributed by atoms with Crippen LogP contribution in [0.25, 0.3) is 0 Å². The Morgan fingerprint density at radius 3 is 2.32 bits per heavy atom. The van der Waals surface area contributed by atoms with E-state index in [0.717, 1.165) is 0 Å². The number of nitrogens with one attached hydrogen (secondary N) is 1. The van der Waals surface area contributed by atoms with Crippen molar-refractivity contribution in [2.45, 2.75) is 32.2 Å². The number of ether oxygens (including phenoxy) is 2. The number of carboxylic acid groups (broad SMARTS) is 1. The van der Waals surface area contributed by atoms with Gasteiger partial charge in [-0.2, -0.15) is 0 Å². The third-order valence-electron chi connectivity index (χ3n) is 3.24. The molecule has 1 rings (SSSR count). The lowest BCUT2D eigenvalue weighted by atomic mass is 10.0. The summed E-state index contributed by atoms with van der Waals surface area (Å²) in [6.07, 6.45) is 0. The van der Waals surface area contributed by atoms with Crippen LogP contribution in [-0.2, 0) is 14.3 Å².